The smallest absolute Gasteiger partial charge is 0.341 e. The summed E-state index contributed by atoms with van der Waals surface area (Å²) in [6.07, 6.45) is 0.796. The Bertz CT molecular complexity index is 398. The number of carbonyl (C=O) groups excluding carboxylic acids is 2. The van der Waals surface area contributed by atoms with Gasteiger partial charge in [0.15, 0.2) is 0 Å². The molecule has 0 amide bonds. The van der Waals surface area contributed by atoms with Gasteiger partial charge in [-0.05, 0) is 0 Å². The maximum Gasteiger partial charge on any atom is 0.341 e. The van der Waals surface area contributed by atoms with Crippen molar-refractivity contribution in [2.45, 2.75) is 5.54 Å². The van der Waals surface area contributed by atoms with Crippen LogP contribution in [0.1, 0.15) is 0 Å². The molecule has 92 valence electrons. The van der Waals surface area contributed by atoms with E-state index < -0.39 is 27.6 Å². The summed E-state index contributed by atoms with van der Waals surface area (Å²) in [5, 5.41) is 0.694. The first-order valence-electron chi connectivity index (χ1n) is 4.12. The monoisotopic (exact) mass is 253 g/mol. The van der Waals surface area contributed by atoms with Crippen LogP contribution < -0.4 is 0 Å². The molecule has 0 aromatic heterocycles. The maximum atomic E-state index is 11.4. The fourth-order valence-corrected chi connectivity index (χ4v) is 1.69. The summed E-state index contributed by atoms with van der Waals surface area (Å²) < 4.78 is 34.8. The fourth-order valence-electron chi connectivity index (χ4n) is 1.18. The van der Waals surface area contributed by atoms with Gasteiger partial charge in [-0.1, -0.05) is 0 Å². The molecule has 9 heteroatoms. The molecule has 0 bridgehead atoms. The lowest BCUT2D eigenvalue weighted by Gasteiger charge is -2.11. The standard InChI is InChI=1S/C7H11NO7S/c1-13-5(9)7(6(10)14-2)4-8(7)15-16(3,11)12/h4H2,1-3H3. The van der Waals surface area contributed by atoms with Crippen LogP contribution in [-0.4, -0.2) is 58.0 Å². The SMILES string of the molecule is COC(=O)C1(C(=O)OC)CN1OS(C)(=O)=O. The second-order valence-electron chi connectivity index (χ2n) is 3.16. The van der Waals surface area contributed by atoms with Crippen LogP contribution in [0.5, 0.6) is 0 Å². The Balaban J connectivity index is 2.89. The third-order valence-electron chi connectivity index (χ3n) is 1.97. The molecule has 1 aliphatic heterocycles. The second-order valence-corrected chi connectivity index (χ2v) is 4.72. The van der Waals surface area contributed by atoms with E-state index in [1.165, 1.54) is 0 Å². The van der Waals surface area contributed by atoms with Gasteiger partial charge in [-0.25, -0.2) is 9.59 Å². The lowest BCUT2D eigenvalue weighted by atomic mass is 10.1. The van der Waals surface area contributed by atoms with Gasteiger partial charge in [0.1, 0.15) is 0 Å². The quantitative estimate of drug-likeness (QED) is 0.331. The fraction of sp³-hybridized carbons (Fsp3) is 0.714. The number of nitrogens with zero attached hydrogens (tertiary/aromatic N) is 1. The Labute approximate surface area is 92.1 Å². The van der Waals surface area contributed by atoms with E-state index in [1.54, 1.807) is 0 Å². The molecular weight excluding hydrogens is 242 g/mol. The first kappa shape index (κ1) is 12.9. The highest BCUT2D eigenvalue weighted by molar-refractivity contribution is 7.85. The van der Waals surface area contributed by atoms with Crippen LogP contribution >= 0.6 is 0 Å². The molecule has 0 saturated carbocycles. The molecule has 1 rings (SSSR count). The minimum Gasteiger partial charge on any atom is -0.467 e. The molecule has 1 atom stereocenters. The van der Waals surface area contributed by atoms with E-state index in [1.807, 2.05) is 0 Å². The Kier molecular flexibility index (Phi) is 3.22. The minimum atomic E-state index is -3.81. The first-order valence-corrected chi connectivity index (χ1v) is 5.93. The van der Waals surface area contributed by atoms with E-state index >= 15 is 0 Å². The van der Waals surface area contributed by atoms with Crippen molar-refractivity contribution in [3.63, 3.8) is 0 Å². The van der Waals surface area contributed by atoms with Crippen molar-refractivity contribution < 1.29 is 31.8 Å². The second kappa shape index (κ2) is 4.00. The Morgan fingerprint density at radius 3 is 1.94 bits per heavy atom. The zero-order valence-electron chi connectivity index (χ0n) is 8.92. The molecule has 0 aliphatic carbocycles. The lowest BCUT2D eigenvalue weighted by Crippen LogP contribution is -2.40. The molecule has 0 radical (unpaired) electrons. The van der Waals surface area contributed by atoms with E-state index in [2.05, 4.69) is 13.8 Å². The summed E-state index contributed by atoms with van der Waals surface area (Å²) >= 11 is 0. The molecule has 8 nitrogen and oxygen atoms in total. The number of rotatable bonds is 4. The highest BCUT2D eigenvalue weighted by Gasteiger charge is 2.69. The van der Waals surface area contributed by atoms with Gasteiger partial charge in [0, 0.05) is 0 Å². The van der Waals surface area contributed by atoms with E-state index in [0.717, 1.165) is 20.5 Å². The molecule has 1 aliphatic rings. The highest BCUT2D eigenvalue weighted by Crippen LogP contribution is 2.36. The zero-order valence-corrected chi connectivity index (χ0v) is 9.74. The predicted octanol–water partition coefficient (Wildman–Crippen LogP) is -1.72. The summed E-state index contributed by atoms with van der Waals surface area (Å²) in [6, 6.07) is 0. The number of carbonyl (C=O) groups is 2. The van der Waals surface area contributed by atoms with Crippen molar-refractivity contribution in [3.05, 3.63) is 0 Å². The highest BCUT2D eigenvalue weighted by atomic mass is 32.2. The average Bonchev–Trinajstić information content (AvgIpc) is 2.88. The number of hydroxylamine groups is 2. The molecule has 16 heavy (non-hydrogen) atoms. The molecule has 0 aromatic carbocycles. The van der Waals surface area contributed by atoms with Gasteiger partial charge in [-0.15, -0.1) is 5.06 Å². The van der Waals surface area contributed by atoms with Crippen LogP contribution in [0.15, 0.2) is 0 Å². The van der Waals surface area contributed by atoms with Crippen molar-refractivity contribution in [1.82, 2.24) is 5.06 Å². The topological polar surface area (TPSA) is 99.0 Å². The van der Waals surface area contributed by atoms with Crippen LogP contribution in [0.4, 0.5) is 0 Å². The molecule has 1 saturated heterocycles. The molecule has 0 N–H and O–H groups in total. The Morgan fingerprint density at radius 2 is 1.62 bits per heavy atom. The summed E-state index contributed by atoms with van der Waals surface area (Å²) in [4.78, 5) is 22.7. The van der Waals surface area contributed by atoms with Crippen LogP contribution in [0.25, 0.3) is 0 Å². The third-order valence-corrected chi connectivity index (χ3v) is 2.42. The number of ether oxygens (including phenoxy) is 2. The molecular formula is C7H11NO7S. The van der Waals surface area contributed by atoms with Gasteiger partial charge in [-0.3, -0.25) is 0 Å². The summed E-state index contributed by atoms with van der Waals surface area (Å²) in [7, 11) is -1.66. The van der Waals surface area contributed by atoms with Crippen LogP contribution in [0, 0.1) is 0 Å². The van der Waals surface area contributed by atoms with Crippen LogP contribution in [0.2, 0.25) is 0 Å². The third kappa shape index (κ3) is 2.15. The predicted molar refractivity (Wildman–Crippen MR) is 49.4 cm³/mol. The largest absolute Gasteiger partial charge is 0.467 e. The number of hydrogen-bond donors (Lipinski definition) is 0. The summed E-state index contributed by atoms with van der Waals surface area (Å²) in [5.41, 5.74) is -1.80. The average molecular weight is 253 g/mol. The number of hydrogen-bond acceptors (Lipinski definition) is 8. The maximum absolute atomic E-state index is 11.4. The molecule has 0 spiro atoms. The molecule has 1 unspecified atom stereocenters. The van der Waals surface area contributed by atoms with Crippen molar-refractivity contribution in [2.24, 2.45) is 0 Å². The first-order chi connectivity index (χ1) is 7.28. The van der Waals surface area contributed by atoms with Gasteiger partial charge in [0.25, 0.3) is 15.7 Å². The Hall–Kier alpha value is -1.19. The molecule has 1 heterocycles. The van der Waals surface area contributed by atoms with Crippen molar-refractivity contribution in [1.29, 1.82) is 0 Å². The van der Waals surface area contributed by atoms with Gasteiger partial charge in [-0.2, -0.15) is 12.7 Å². The van der Waals surface area contributed by atoms with Crippen LogP contribution in [-0.2, 0) is 33.5 Å². The minimum absolute atomic E-state index is 0.223. The van der Waals surface area contributed by atoms with Gasteiger partial charge < -0.3 is 9.47 Å². The molecule has 1 fully saturated rings. The summed E-state index contributed by atoms with van der Waals surface area (Å²) in [5.74, 6) is -1.86. The van der Waals surface area contributed by atoms with E-state index in [9.17, 15) is 18.0 Å². The Morgan fingerprint density at radius 1 is 1.19 bits per heavy atom. The number of methoxy groups -OCH3 is 2. The van der Waals surface area contributed by atoms with Crippen LogP contribution in [0.3, 0.4) is 0 Å². The van der Waals surface area contributed by atoms with Crippen molar-refractivity contribution in [2.75, 3.05) is 27.0 Å². The van der Waals surface area contributed by atoms with E-state index in [-0.39, 0.29) is 6.54 Å². The zero-order chi connectivity index (χ0) is 12.6. The summed E-state index contributed by atoms with van der Waals surface area (Å²) in [6.45, 7) is -0.223. The van der Waals surface area contributed by atoms with Gasteiger partial charge >= 0.3 is 11.9 Å². The van der Waals surface area contributed by atoms with Crippen molar-refractivity contribution in [3.8, 4) is 0 Å². The van der Waals surface area contributed by atoms with E-state index in [4.69, 9.17) is 0 Å². The van der Waals surface area contributed by atoms with Crippen molar-refractivity contribution >= 4 is 22.1 Å². The molecule has 0 aromatic rings. The number of esters is 2. The normalized spacial score (nSPS) is 22.3. The van der Waals surface area contributed by atoms with E-state index in [0.29, 0.717) is 5.06 Å². The van der Waals surface area contributed by atoms with Gasteiger partial charge in [0.2, 0.25) is 0 Å². The lowest BCUT2D eigenvalue weighted by molar-refractivity contribution is -0.162. The van der Waals surface area contributed by atoms with Gasteiger partial charge in [0.05, 0.1) is 27.0 Å².